The molecule has 0 atom stereocenters. The number of thiazole rings is 2. The van der Waals surface area contributed by atoms with Gasteiger partial charge in [-0.25, -0.2) is 27.5 Å². The quantitative estimate of drug-likeness (QED) is 0.264. The number of hydrogen-bond donors (Lipinski definition) is 0. The van der Waals surface area contributed by atoms with E-state index in [0.717, 1.165) is 22.7 Å². The van der Waals surface area contributed by atoms with E-state index in [2.05, 4.69) is 9.97 Å². The van der Waals surface area contributed by atoms with Crippen LogP contribution in [0.25, 0.3) is 0 Å². The molecule has 26 heavy (non-hydrogen) atoms. The van der Waals surface area contributed by atoms with Gasteiger partial charge in [0.15, 0.2) is 0 Å². The van der Waals surface area contributed by atoms with E-state index in [9.17, 15) is 13.2 Å². The summed E-state index contributed by atoms with van der Waals surface area (Å²) in [6, 6.07) is 0. The fourth-order valence-corrected chi connectivity index (χ4v) is 4.99. The molecule has 0 spiro atoms. The molecular formula is C16H14AuF5N2S2. The van der Waals surface area contributed by atoms with Crippen molar-refractivity contribution in [3.63, 3.8) is 0 Å². The third-order valence-electron chi connectivity index (χ3n) is 4.39. The van der Waals surface area contributed by atoms with Crippen LogP contribution in [-0.2, 0) is 27.8 Å². The van der Waals surface area contributed by atoms with E-state index < -0.39 is 33.4 Å². The van der Waals surface area contributed by atoms with Gasteiger partial charge in [-0.1, -0.05) is 0 Å². The third-order valence-corrected chi connectivity index (χ3v) is 6.77. The summed E-state index contributed by atoms with van der Waals surface area (Å²) >= 11 is 1.57. The molecule has 2 nitrogen and oxygen atoms in total. The zero-order valence-electron chi connectivity index (χ0n) is 14.1. The van der Waals surface area contributed by atoms with Gasteiger partial charge in [0.25, 0.3) is 5.92 Å². The molecule has 0 N–H and O–H groups in total. The zero-order chi connectivity index (χ0) is 18.8. The van der Waals surface area contributed by atoms with E-state index in [-0.39, 0.29) is 28.5 Å². The van der Waals surface area contributed by atoms with Crippen molar-refractivity contribution in [2.75, 3.05) is 0 Å². The van der Waals surface area contributed by atoms with Crippen LogP contribution in [0.2, 0.25) is 0 Å². The normalized spacial score (nSPS) is 20.1. The number of halogens is 5. The number of aryl methyl sites for hydroxylation is 4. The van der Waals surface area contributed by atoms with Gasteiger partial charge >= 0.3 is 28.3 Å². The second-order valence-electron chi connectivity index (χ2n) is 5.95. The van der Waals surface area contributed by atoms with Gasteiger partial charge in [-0.3, -0.25) is 0 Å². The summed E-state index contributed by atoms with van der Waals surface area (Å²) in [6.07, 6.45) is -1.07. The topological polar surface area (TPSA) is 25.8 Å². The predicted molar refractivity (Wildman–Crippen MR) is 87.3 cm³/mol. The summed E-state index contributed by atoms with van der Waals surface area (Å²) in [4.78, 5) is 9.13. The molecule has 1 aliphatic rings. The van der Waals surface area contributed by atoms with Gasteiger partial charge < -0.3 is 4.39 Å². The summed E-state index contributed by atoms with van der Waals surface area (Å²) in [5.74, 6) is -9.30. The van der Waals surface area contributed by atoms with Crippen molar-refractivity contribution in [3.05, 3.63) is 49.5 Å². The zero-order valence-corrected chi connectivity index (χ0v) is 17.9. The molecule has 2 heterocycles. The van der Waals surface area contributed by atoms with E-state index in [0.29, 0.717) is 27.2 Å². The van der Waals surface area contributed by atoms with Gasteiger partial charge in [0, 0.05) is 9.75 Å². The van der Waals surface area contributed by atoms with E-state index in [4.69, 9.17) is 0 Å². The Kier molecular flexibility index (Phi) is 5.56. The minimum absolute atomic E-state index is 0. The maximum absolute atomic E-state index is 15.1. The minimum atomic E-state index is -4.76. The van der Waals surface area contributed by atoms with Crippen molar-refractivity contribution in [1.82, 2.24) is 9.97 Å². The maximum atomic E-state index is 15.1. The Labute approximate surface area is 171 Å². The molecule has 0 amide bonds. The number of allylic oxidation sites excluding steroid dienone is 2. The van der Waals surface area contributed by atoms with E-state index in [1.54, 1.807) is 27.7 Å². The molecule has 0 aliphatic heterocycles. The van der Waals surface area contributed by atoms with Crippen LogP contribution >= 0.6 is 22.7 Å². The fraction of sp³-hybridized carbons (Fsp3) is 0.438. The molecule has 1 aliphatic carbocycles. The Balaban J connectivity index is 0.00000243. The molecule has 0 aromatic carbocycles. The molecule has 0 saturated carbocycles. The van der Waals surface area contributed by atoms with E-state index in [1.807, 2.05) is 0 Å². The molecule has 0 saturated heterocycles. The second-order valence-corrected chi connectivity index (χ2v) is 8.36. The van der Waals surface area contributed by atoms with Crippen molar-refractivity contribution >= 4 is 22.7 Å². The molecule has 0 bridgehead atoms. The molecular weight excluding hydrogens is 576 g/mol. The summed E-state index contributed by atoms with van der Waals surface area (Å²) in [6.45, 7) is 6.37. The average molecular weight is 590 g/mol. The Morgan fingerprint density at radius 1 is 0.885 bits per heavy atom. The Hall–Kier alpha value is -0.740. The first-order chi connectivity index (χ1) is 11.4. The molecule has 2 aromatic rings. The third kappa shape index (κ3) is 2.71. The van der Waals surface area contributed by atoms with Crippen LogP contribution in [0.3, 0.4) is 0 Å². The van der Waals surface area contributed by atoms with Gasteiger partial charge in [0.05, 0.1) is 11.4 Å². The smallest absolute Gasteiger partial charge is 0.323 e. The SMILES string of the molecule is Cc1nc(C2(c3nc(C)c(C)s3)[C-](F)C=CC(F)(F)C2(F)F)sc1C.[Au+]. The second kappa shape index (κ2) is 6.70. The standard InChI is InChI=1S/C16H14F5N2S2.Au/c1-7-9(3)24-12(22-7)15(13-23-8(2)10(4)25-13)11(17)5-6-14(18,19)16(15,20)21;/h5-6H,1-4H3;/q-1;+1. The van der Waals surface area contributed by atoms with E-state index in [1.165, 1.54) is 0 Å². The van der Waals surface area contributed by atoms with Crippen LogP contribution in [0.5, 0.6) is 0 Å². The van der Waals surface area contributed by atoms with Crippen LogP contribution < -0.4 is 0 Å². The van der Waals surface area contributed by atoms with Crippen molar-refractivity contribution in [2.24, 2.45) is 0 Å². The van der Waals surface area contributed by atoms with Crippen LogP contribution in [0.15, 0.2) is 12.2 Å². The average Bonchev–Trinajstić information content (AvgIpc) is 3.00. The Morgan fingerprint density at radius 3 is 1.65 bits per heavy atom. The van der Waals surface area contributed by atoms with E-state index >= 15 is 8.78 Å². The predicted octanol–water partition coefficient (Wildman–Crippen LogP) is 5.46. The first-order valence-corrected chi connectivity index (χ1v) is 8.95. The summed E-state index contributed by atoms with van der Waals surface area (Å²) in [7, 11) is 0. The van der Waals surface area contributed by atoms with Crippen molar-refractivity contribution < 1.29 is 44.3 Å². The molecule has 3 rings (SSSR count). The molecule has 0 fully saturated rings. The van der Waals surface area contributed by atoms with Crippen LogP contribution in [0.4, 0.5) is 22.0 Å². The summed E-state index contributed by atoms with van der Waals surface area (Å²) < 4.78 is 73.4. The summed E-state index contributed by atoms with van der Waals surface area (Å²) in [5, 5.41) is -0.828. The first-order valence-electron chi connectivity index (χ1n) is 7.32. The van der Waals surface area contributed by atoms with Crippen molar-refractivity contribution in [3.8, 4) is 0 Å². The van der Waals surface area contributed by atoms with Gasteiger partial charge in [-0.2, -0.15) is 12.2 Å². The maximum Gasteiger partial charge on any atom is 1.00 e. The van der Waals surface area contributed by atoms with Crippen molar-refractivity contribution in [2.45, 2.75) is 45.0 Å². The monoisotopic (exact) mass is 590 g/mol. The Bertz CT molecular complexity index is 774. The number of nitrogens with zero attached hydrogens (tertiary/aromatic N) is 2. The van der Waals surface area contributed by atoms with Gasteiger partial charge in [0.2, 0.25) is 0 Å². The molecule has 0 unspecified atom stereocenters. The van der Waals surface area contributed by atoms with Crippen LogP contribution in [0.1, 0.15) is 31.2 Å². The van der Waals surface area contributed by atoms with Gasteiger partial charge in [0.1, 0.15) is 15.4 Å². The van der Waals surface area contributed by atoms with Crippen LogP contribution in [-0.4, -0.2) is 21.8 Å². The number of hydrogen-bond acceptors (Lipinski definition) is 4. The molecule has 0 radical (unpaired) electrons. The number of aromatic nitrogens is 2. The van der Waals surface area contributed by atoms with Crippen molar-refractivity contribution in [1.29, 1.82) is 0 Å². The first kappa shape index (κ1) is 21.6. The van der Waals surface area contributed by atoms with Gasteiger partial charge in [-0.05, 0) is 33.9 Å². The fourth-order valence-electron chi connectivity index (χ4n) is 2.64. The minimum Gasteiger partial charge on any atom is -0.323 e. The molecule has 146 valence electrons. The number of alkyl halides is 4. The molecule has 10 heteroatoms. The van der Waals surface area contributed by atoms with Crippen LogP contribution in [0, 0.1) is 33.9 Å². The Morgan fingerprint density at radius 2 is 1.31 bits per heavy atom. The molecule has 2 aromatic heterocycles. The summed E-state index contributed by atoms with van der Waals surface area (Å²) in [5.41, 5.74) is -2.24. The number of rotatable bonds is 2. The van der Waals surface area contributed by atoms with Gasteiger partial charge in [-0.15, -0.1) is 22.7 Å². The largest absolute Gasteiger partial charge is 1.00 e.